The summed E-state index contributed by atoms with van der Waals surface area (Å²) in [4.78, 5) is 26.6. The number of rotatable bonds is 5. The van der Waals surface area contributed by atoms with Gasteiger partial charge in [0.25, 0.3) is 5.56 Å². The van der Waals surface area contributed by atoms with Crippen molar-refractivity contribution in [3.63, 3.8) is 0 Å². The number of likely N-dealkylation sites (tertiary alicyclic amines) is 1. The number of piperidine rings is 1. The predicted molar refractivity (Wildman–Crippen MR) is 108 cm³/mol. The number of hydrogen-bond acceptors (Lipinski definition) is 5. The summed E-state index contributed by atoms with van der Waals surface area (Å²) in [5.41, 5.74) is 2.54. The first-order valence-corrected chi connectivity index (χ1v) is 9.62. The van der Waals surface area contributed by atoms with Gasteiger partial charge in [-0.2, -0.15) is 0 Å². The van der Waals surface area contributed by atoms with Gasteiger partial charge in [0.1, 0.15) is 11.4 Å². The molecular weight excluding hydrogens is 352 g/mol. The molecule has 0 unspecified atom stereocenters. The van der Waals surface area contributed by atoms with Gasteiger partial charge in [0, 0.05) is 18.8 Å². The normalized spacial score (nSPS) is 17.4. The maximum Gasteiger partial charge on any atom is 0.251 e. The minimum Gasteiger partial charge on any atom is -0.497 e. The molecule has 28 heavy (non-hydrogen) atoms. The van der Waals surface area contributed by atoms with E-state index in [1.54, 1.807) is 19.4 Å². The highest BCUT2D eigenvalue weighted by atomic mass is 16.5. The quantitative estimate of drug-likeness (QED) is 0.737. The number of H-pyrrole nitrogens is 1. The molecule has 3 heterocycles. The zero-order valence-electron chi connectivity index (χ0n) is 16.0. The van der Waals surface area contributed by atoms with Gasteiger partial charge in [-0.1, -0.05) is 24.6 Å². The van der Waals surface area contributed by atoms with Crippen molar-refractivity contribution < 1.29 is 4.74 Å². The largest absolute Gasteiger partial charge is 0.497 e. The number of nitrogens with zero attached hydrogens (tertiary/aromatic N) is 3. The van der Waals surface area contributed by atoms with Crippen molar-refractivity contribution in [1.82, 2.24) is 19.9 Å². The van der Waals surface area contributed by atoms with Crippen LogP contribution in [0.15, 0.2) is 59.5 Å². The smallest absolute Gasteiger partial charge is 0.251 e. The molecule has 0 aliphatic carbocycles. The Kier molecular flexibility index (Phi) is 5.48. The third-order valence-electron chi connectivity index (χ3n) is 5.14. The van der Waals surface area contributed by atoms with Gasteiger partial charge in [0.2, 0.25) is 0 Å². The summed E-state index contributed by atoms with van der Waals surface area (Å²) in [5.74, 6) is 1.38. The van der Waals surface area contributed by atoms with E-state index in [-0.39, 0.29) is 11.6 Å². The molecule has 1 aliphatic heterocycles. The van der Waals surface area contributed by atoms with E-state index < -0.39 is 0 Å². The molecule has 0 radical (unpaired) electrons. The van der Waals surface area contributed by atoms with Gasteiger partial charge in [-0.15, -0.1) is 0 Å². The molecule has 0 saturated carbocycles. The number of aromatic amines is 1. The first kappa shape index (κ1) is 18.4. The molecule has 1 fully saturated rings. The number of aromatic nitrogens is 3. The van der Waals surface area contributed by atoms with Crippen LogP contribution >= 0.6 is 0 Å². The van der Waals surface area contributed by atoms with Crippen LogP contribution in [0.25, 0.3) is 11.5 Å². The highest BCUT2D eigenvalue weighted by Gasteiger charge is 2.26. The molecule has 1 atom stereocenters. The molecule has 6 heteroatoms. The summed E-state index contributed by atoms with van der Waals surface area (Å²) >= 11 is 0. The van der Waals surface area contributed by atoms with Gasteiger partial charge >= 0.3 is 0 Å². The second-order valence-corrected chi connectivity index (χ2v) is 7.07. The van der Waals surface area contributed by atoms with E-state index in [1.165, 1.54) is 5.56 Å². The van der Waals surface area contributed by atoms with Crippen molar-refractivity contribution in [3.05, 3.63) is 76.3 Å². The van der Waals surface area contributed by atoms with Crippen LogP contribution in [0.3, 0.4) is 0 Å². The summed E-state index contributed by atoms with van der Waals surface area (Å²) in [7, 11) is 1.68. The third-order valence-corrected chi connectivity index (χ3v) is 5.14. The lowest BCUT2D eigenvalue weighted by atomic mass is 9.98. The van der Waals surface area contributed by atoms with Gasteiger partial charge in [-0.25, -0.2) is 4.98 Å². The summed E-state index contributed by atoms with van der Waals surface area (Å²) < 4.78 is 5.35. The number of nitrogens with one attached hydrogen (secondary N) is 1. The van der Waals surface area contributed by atoms with Crippen LogP contribution in [0.1, 0.15) is 36.6 Å². The van der Waals surface area contributed by atoms with Crippen molar-refractivity contribution in [1.29, 1.82) is 0 Å². The second kappa shape index (κ2) is 8.35. The molecule has 1 aliphatic rings. The van der Waals surface area contributed by atoms with Gasteiger partial charge in [-0.3, -0.25) is 14.7 Å². The van der Waals surface area contributed by atoms with Crippen molar-refractivity contribution in [2.24, 2.45) is 0 Å². The first-order valence-electron chi connectivity index (χ1n) is 9.62. The summed E-state index contributed by atoms with van der Waals surface area (Å²) in [6.07, 6.45) is 4.98. The van der Waals surface area contributed by atoms with Gasteiger partial charge in [0.05, 0.1) is 18.8 Å². The average Bonchev–Trinajstić information content (AvgIpc) is 2.74. The highest BCUT2D eigenvalue weighted by molar-refractivity contribution is 5.48. The Balaban J connectivity index is 1.64. The molecule has 0 bridgehead atoms. The summed E-state index contributed by atoms with van der Waals surface area (Å²) in [6, 6.07) is 15.5. The molecule has 3 aromatic rings. The fourth-order valence-corrected chi connectivity index (χ4v) is 3.79. The van der Waals surface area contributed by atoms with E-state index >= 15 is 0 Å². The van der Waals surface area contributed by atoms with Crippen LogP contribution in [0, 0.1) is 0 Å². The molecule has 0 amide bonds. The molecule has 2 aromatic heterocycles. The molecule has 6 nitrogen and oxygen atoms in total. The molecule has 144 valence electrons. The topological polar surface area (TPSA) is 71.1 Å². The maximum atomic E-state index is 12.3. The molecule has 4 rings (SSSR count). The van der Waals surface area contributed by atoms with E-state index in [0.29, 0.717) is 11.5 Å². The van der Waals surface area contributed by atoms with Crippen molar-refractivity contribution in [2.75, 3.05) is 13.7 Å². The average molecular weight is 376 g/mol. The standard InChI is InChI=1S/C22H24N4O2/c1-28-17-8-6-7-16(13-17)15-26-12-5-3-10-20(26)19-14-21(27)25-22(24-19)18-9-2-4-11-23-18/h2,4,6-9,11,13-14,20H,3,5,10,12,15H2,1H3,(H,24,25,27)/t20-/m0/s1. The number of pyridine rings is 1. The number of ether oxygens (including phenoxy) is 1. The molecule has 0 spiro atoms. The Labute approximate surface area is 164 Å². The molecule has 1 saturated heterocycles. The van der Waals surface area contributed by atoms with Crippen LogP contribution in [0.5, 0.6) is 5.75 Å². The number of hydrogen-bond donors (Lipinski definition) is 1. The number of benzene rings is 1. The van der Waals surface area contributed by atoms with Gasteiger partial charge in [-0.05, 0) is 49.2 Å². The fourth-order valence-electron chi connectivity index (χ4n) is 3.79. The fraction of sp³-hybridized carbons (Fsp3) is 0.318. The lowest BCUT2D eigenvalue weighted by Gasteiger charge is -2.35. The van der Waals surface area contributed by atoms with Crippen LogP contribution < -0.4 is 10.3 Å². The van der Waals surface area contributed by atoms with Crippen LogP contribution in [-0.4, -0.2) is 33.5 Å². The maximum absolute atomic E-state index is 12.3. The number of methoxy groups -OCH3 is 1. The summed E-state index contributed by atoms with van der Waals surface area (Å²) in [5, 5.41) is 0. The minimum absolute atomic E-state index is 0.115. The zero-order chi connectivity index (χ0) is 19.3. The molecule has 1 aromatic carbocycles. The Hall–Kier alpha value is -2.99. The molecule has 1 N–H and O–H groups in total. The third kappa shape index (κ3) is 4.12. The van der Waals surface area contributed by atoms with E-state index in [1.807, 2.05) is 30.3 Å². The lowest BCUT2D eigenvalue weighted by molar-refractivity contribution is 0.137. The van der Waals surface area contributed by atoms with Crippen LogP contribution in [0.4, 0.5) is 0 Å². The van der Waals surface area contributed by atoms with E-state index in [2.05, 4.69) is 27.0 Å². The highest BCUT2D eigenvalue weighted by Crippen LogP contribution is 2.31. The van der Waals surface area contributed by atoms with Crippen molar-refractivity contribution >= 4 is 0 Å². The van der Waals surface area contributed by atoms with E-state index in [9.17, 15) is 4.79 Å². The van der Waals surface area contributed by atoms with E-state index in [0.717, 1.165) is 43.8 Å². The van der Waals surface area contributed by atoms with Gasteiger partial charge < -0.3 is 9.72 Å². The van der Waals surface area contributed by atoms with Crippen molar-refractivity contribution in [2.45, 2.75) is 31.8 Å². The Morgan fingerprint density at radius 3 is 2.93 bits per heavy atom. The lowest BCUT2D eigenvalue weighted by Crippen LogP contribution is -2.34. The zero-order valence-corrected chi connectivity index (χ0v) is 16.0. The second-order valence-electron chi connectivity index (χ2n) is 7.07. The monoisotopic (exact) mass is 376 g/mol. The summed E-state index contributed by atoms with van der Waals surface area (Å²) in [6.45, 7) is 1.78. The van der Waals surface area contributed by atoms with Crippen LogP contribution in [-0.2, 0) is 6.54 Å². The molecular formula is C22H24N4O2. The minimum atomic E-state index is -0.141. The van der Waals surface area contributed by atoms with E-state index in [4.69, 9.17) is 9.72 Å². The Morgan fingerprint density at radius 2 is 2.11 bits per heavy atom. The Bertz CT molecular complexity index is 987. The van der Waals surface area contributed by atoms with Crippen LogP contribution in [0.2, 0.25) is 0 Å². The van der Waals surface area contributed by atoms with Crippen molar-refractivity contribution in [3.8, 4) is 17.3 Å². The SMILES string of the molecule is COc1cccc(CN2CCCC[C@H]2c2cc(=O)[nH]c(-c3ccccn3)n2)c1. The van der Waals surface area contributed by atoms with Gasteiger partial charge in [0.15, 0.2) is 5.82 Å². The predicted octanol–water partition coefficient (Wildman–Crippen LogP) is 3.57. The Morgan fingerprint density at radius 1 is 1.18 bits per heavy atom. The first-order chi connectivity index (χ1) is 13.7.